The molecule has 0 bridgehead atoms. The summed E-state index contributed by atoms with van der Waals surface area (Å²) in [7, 11) is 0. The fourth-order valence-corrected chi connectivity index (χ4v) is 3.17. The Hall–Kier alpha value is -2.96. The summed E-state index contributed by atoms with van der Waals surface area (Å²) in [5.41, 5.74) is 2.52. The maximum Gasteiger partial charge on any atom is 0.274 e. The van der Waals surface area contributed by atoms with Gasteiger partial charge in [-0.05, 0) is 38.3 Å². The monoisotopic (exact) mass is 368 g/mol. The van der Waals surface area contributed by atoms with Crippen molar-refractivity contribution in [1.29, 1.82) is 0 Å². The molecule has 3 rings (SSSR count). The molecule has 0 spiro atoms. The molecule has 0 aliphatic carbocycles. The second-order valence-electron chi connectivity index (χ2n) is 6.78. The van der Waals surface area contributed by atoms with E-state index in [9.17, 15) is 9.59 Å². The normalized spacial score (nSPS) is 14.7. The largest absolute Gasteiger partial charge is 0.484 e. The standard InChI is InChI=1S/C20H24N4O3/c1-14-3-4-18(15(2)11-14)27-13-19(25)23-16-5-9-24(10-6-16)20(26)17-12-21-7-8-22-17/h3-4,7-8,11-12,16H,5-6,9-10,13H2,1-2H3,(H,23,25). The summed E-state index contributed by atoms with van der Waals surface area (Å²) in [5.74, 6) is 0.458. The van der Waals surface area contributed by atoms with Crippen LogP contribution in [0.2, 0.25) is 0 Å². The lowest BCUT2D eigenvalue weighted by atomic mass is 10.0. The number of nitrogens with one attached hydrogen (secondary N) is 1. The molecule has 1 saturated heterocycles. The highest BCUT2D eigenvalue weighted by molar-refractivity contribution is 5.92. The molecule has 0 radical (unpaired) electrons. The summed E-state index contributed by atoms with van der Waals surface area (Å²) < 4.78 is 5.62. The molecule has 0 saturated carbocycles. The van der Waals surface area contributed by atoms with E-state index >= 15 is 0 Å². The molecule has 1 N–H and O–H groups in total. The molecule has 1 aromatic heterocycles. The molecular weight excluding hydrogens is 344 g/mol. The quantitative estimate of drug-likeness (QED) is 0.871. The van der Waals surface area contributed by atoms with E-state index in [-0.39, 0.29) is 24.5 Å². The summed E-state index contributed by atoms with van der Waals surface area (Å²) in [6, 6.07) is 5.92. The minimum absolute atomic E-state index is 0.0113. The molecular formula is C20H24N4O3. The highest BCUT2D eigenvalue weighted by atomic mass is 16.5. The average Bonchev–Trinajstić information content (AvgIpc) is 2.68. The molecule has 2 aromatic rings. The minimum Gasteiger partial charge on any atom is -0.484 e. The van der Waals surface area contributed by atoms with Crippen LogP contribution in [0.1, 0.15) is 34.5 Å². The van der Waals surface area contributed by atoms with Gasteiger partial charge in [-0.2, -0.15) is 0 Å². The Morgan fingerprint density at radius 1 is 1.22 bits per heavy atom. The van der Waals surface area contributed by atoms with Crippen molar-refractivity contribution >= 4 is 11.8 Å². The number of nitrogens with zero attached hydrogens (tertiary/aromatic N) is 3. The van der Waals surface area contributed by atoms with E-state index in [1.807, 2.05) is 32.0 Å². The second kappa shape index (κ2) is 8.62. The minimum atomic E-state index is -0.145. The molecule has 2 amide bonds. The van der Waals surface area contributed by atoms with Gasteiger partial charge >= 0.3 is 0 Å². The number of benzene rings is 1. The van der Waals surface area contributed by atoms with E-state index in [4.69, 9.17) is 4.74 Å². The first-order valence-electron chi connectivity index (χ1n) is 9.07. The van der Waals surface area contributed by atoms with Crippen molar-refractivity contribution in [3.05, 3.63) is 53.6 Å². The number of rotatable bonds is 5. The number of aryl methyl sites for hydroxylation is 2. The maximum absolute atomic E-state index is 12.4. The van der Waals surface area contributed by atoms with Crippen LogP contribution >= 0.6 is 0 Å². The van der Waals surface area contributed by atoms with Gasteiger partial charge in [0, 0.05) is 31.5 Å². The first-order valence-corrected chi connectivity index (χ1v) is 9.07. The topological polar surface area (TPSA) is 84.4 Å². The molecule has 1 fully saturated rings. The van der Waals surface area contributed by atoms with Gasteiger partial charge in [-0.3, -0.25) is 14.6 Å². The predicted octanol–water partition coefficient (Wildman–Crippen LogP) is 1.89. The van der Waals surface area contributed by atoms with Crippen LogP contribution in [0.4, 0.5) is 0 Å². The Morgan fingerprint density at radius 3 is 2.67 bits per heavy atom. The number of carbonyl (C=O) groups is 2. The van der Waals surface area contributed by atoms with E-state index in [1.54, 1.807) is 11.1 Å². The molecule has 1 aliphatic heterocycles. The Labute approximate surface area is 158 Å². The Morgan fingerprint density at radius 2 is 2.00 bits per heavy atom. The molecule has 7 nitrogen and oxygen atoms in total. The molecule has 7 heteroatoms. The van der Waals surface area contributed by atoms with Crippen LogP contribution in [-0.2, 0) is 4.79 Å². The van der Waals surface area contributed by atoms with Crippen molar-refractivity contribution in [2.75, 3.05) is 19.7 Å². The fraction of sp³-hybridized carbons (Fsp3) is 0.400. The van der Waals surface area contributed by atoms with E-state index in [1.165, 1.54) is 12.4 Å². The third-order valence-corrected chi connectivity index (χ3v) is 4.62. The number of carbonyl (C=O) groups excluding carboxylic acids is 2. The van der Waals surface area contributed by atoms with E-state index in [0.29, 0.717) is 31.6 Å². The first kappa shape index (κ1) is 18.8. The van der Waals surface area contributed by atoms with Gasteiger partial charge < -0.3 is 15.0 Å². The van der Waals surface area contributed by atoms with Crippen LogP contribution in [0.3, 0.4) is 0 Å². The van der Waals surface area contributed by atoms with Gasteiger partial charge in [0.15, 0.2) is 6.61 Å². The molecule has 27 heavy (non-hydrogen) atoms. The smallest absolute Gasteiger partial charge is 0.274 e. The summed E-state index contributed by atoms with van der Waals surface area (Å²) in [5, 5.41) is 2.99. The summed E-state index contributed by atoms with van der Waals surface area (Å²) in [6.45, 7) is 5.13. The van der Waals surface area contributed by atoms with Crippen molar-refractivity contribution in [2.24, 2.45) is 0 Å². The predicted molar refractivity (Wildman–Crippen MR) is 101 cm³/mol. The highest BCUT2D eigenvalue weighted by Gasteiger charge is 2.25. The summed E-state index contributed by atoms with van der Waals surface area (Å²) in [6.07, 6.45) is 5.94. The summed E-state index contributed by atoms with van der Waals surface area (Å²) in [4.78, 5) is 34.3. The van der Waals surface area contributed by atoms with E-state index in [0.717, 1.165) is 16.9 Å². The van der Waals surface area contributed by atoms with Crippen LogP contribution < -0.4 is 10.1 Å². The Balaban J connectivity index is 1.43. The highest BCUT2D eigenvalue weighted by Crippen LogP contribution is 2.18. The van der Waals surface area contributed by atoms with E-state index < -0.39 is 0 Å². The molecule has 1 aliphatic rings. The second-order valence-corrected chi connectivity index (χ2v) is 6.78. The third kappa shape index (κ3) is 5.03. The van der Waals surface area contributed by atoms with Crippen molar-refractivity contribution in [3.63, 3.8) is 0 Å². The third-order valence-electron chi connectivity index (χ3n) is 4.62. The van der Waals surface area contributed by atoms with Crippen molar-refractivity contribution < 1.29 is 14.3 Å². The number of likely N-dealkylation sites (tertiary alicyclic amines) is 1. The zero-order valence-electron chi connectivity index (χ0n) is 15.6. The van der Waals surface area contributed by atoms with Gasteiger partial charge in [0.05, 0.1) is 6.20 Å². The lowest BCUT2D eigenvalue weighted by Gasteiger charge is -2.32. The number of amides is 2. The number of aromatic nitrogens is 2. The zero-order chi connectivity index (χ0) is 19.2. The molecule has 0 unspecified atom stereocenters. The van der Waals surface area contributed by atoms with Gasteiger partial charge in [0.1, 0.15) is 11.4 Å². The van der Waals surface area contributed by atoms with Crippen molar-refractivity contribution in [2.45, 2.75) is 32.7 Å². The van der Waals surface area contributed by atoms with Gasteiger partial charge in [-0.15, -0.1) is 0 Å². The van der Waals surface area contributed by atoms with E-state index in [2.05, 4.69) is 15.3 Å². The van der Waals surface area contributed by atoms with Crippen LogP contribution in [0.25, 0.3) is 0 Å². The number of piperidine rings is 1. The maximum atomic E-state index is 12.4. The molecule has 1 aromatic carbocycles. The Kier molecular flexibility index (Phi) is 6.01. The SMILES string of the molecule is Cc1ccc(OCC(=O)NC2CCN(C(=O)c3cnccn3)CC2)c(C)c1. The van der Waals surface area contributed by atoms with Gasteiger partial charge in [0.25, 0.3) is 11.8 Å². The first-order chi connectivity index (χ1) is 13.0. The lowest BCUT2D eigenvalue weighted by Crippen LogP contribution is -2.47. The van der Waals surface area contributed by atoms with Crippen LogP contribution in [-0.4, -0.2) is 52.4 Å². The fourth-order valence-electron chi connectivity index (χ4n) is 3.17. The van der Waals surface area contributed by atoms with Crippen molar-refractivity contribution in [1.82, 2.24) is 20.2 Å². The van der Waals surface area contributed by atoms with Crippen molar-refractivity contribution in [3.8, 4) is 5.75 Å². The molecule has 142 valence electrons. The average molecular weight is 368 g/mol. The Bertz CT molecular complexity index is 802. The van der Waals surface area contributed by atoms with Gasteiger partial charge in [0.2, 0.25) is 0 Å². The van der Waals surface area contributed by atoms with Crippen LogP contribution in [0, 0.1) is 13.8 Å². The lowest BCUT2D eigenvalue weighted by molar-refractivity contribution is -0.124. The number of hydrogen-bond donors (Lipinski definition) is 1. The van der Waals surface area contributed by atoms with Gasteiger partial charge in [-0.25, -0.2) is 4.98 Å². The molecule has 2 heterocycles. The van der Waals surface area contributed by atoms with Crippen LogP contribution in [0.15, 0.2) is 36.8 Å². The number of ether oxygens (including phenoxy) is 1. The zero-order valence-corrected chi connectivity index (χ0v) is 15.6. The van der Waals surface area contributed by atoms with Gasteiger partial charge in [-0.1, -0.05) is 17.7 Å². The summed E-state index contributed by atoms with van der Waals surface area (Å²) >= 11 is 0. The molecule has 0 atom stereocenters. The number of hydrogen-bond acceptors (Lipinski definition) is 5. The van der Waals surface area contributed by atoms with Crippen LogP contribution in [0.5, 0.6) is 5.75 Å².